The highest BCUT2D eigenvalue weighted by atomic mass is 32.1. The molecular weight excluding hydrogens is 268 g/mol. The first kappa shape index (κ1) is 14.6. The van der Waals surface area contributed by atoms with Gasteiger partial charge >= 0.3 is 0 Å². The Morgan fingerprint density at radius 2 is 2.05 bits per heavy atom. The van der Waals surface area contributed by atoms with Crippen molar-refractivity contribution in [3.8, 4) is 11.8 Å². The summed E-state index contributed by atoms with van der Waals surface area (Å²) in [5.41, 5.74) is 0.591. The molecule has 0 saturated heterocycles. The minimum Gasteiger partial charge on any atom is -0.491 e. The molecule has 0 bridgehead atoms. The Morgan fingerprint density at radius 3 is 2.80 bits per heavy atom. The number of para-hydroxylation sites is 1. The zero-order valence-electron chi connectivity index (χ0n) is 11.6. The Morgan fingerprint density at radius 1 is 1.20 bits per heavy atom. The van der Waals surface area contributed by atoms with Gasteiger partial charge in [0, 0.05) is 18.0 Å². The number of hydrogen-bond donors (Lipinski definition) is 0. The summed E-state index contributed by atoms with van der Waals surface area (Å²) in [6.07, 6.45) is 1.07. The molecule has 0 spiro atoms. The van der Waals surface area contributed by atoms with E-state index in [1.54, 1.807) is 17.4 Å². The van der Waals surface area contributed by atoms with Crippen LogP contribution in [-0.4, -0.2) is 31.6 Å². The third-order valence-electron chi connectivity index (χ3n) is 3.06. The summed E-state index contributed by atoms with van der Waals surface area (Å²) in [5, 5.41) is 11.1. The molecule has 0 saturated carbocycles. The summed E-state index contributed by atoms with van der Waals surface area (Å²) >= 11 is 1.80. The maximum Gasteiger partial charge on any atom is 0.137 e. The lowest BCUT2D eigenvalue weighted by atomic mass is 10.2. The number of thiophene rings is 1. The van der Waals surface area contributed by atoms with Gasteiger partial charge in [0.05, 0.1) is 5.56 Å². The van der Waals surface area contributed by atoms with E-state index in [9.17, 15) is 0 Å². The molecule has 4 heteroatoms. The van der Waals surface area contributed by atoms with Gasteiger partial charge < -0.3 is 9.64 Å². The number of ether oxygens (including phenoxy) is 1. The standard InChI is InChI=1S/C16H18N2OS/c1-18(9-8-15-6-4-12-20-15)10-11-19-16-7-3-2-5-14(16)13-17/h2-7,12H,8-11H2,1H3. The van der Waals surface area contributed by atoms with Crippen molar-refractivity contribution in [2.45, 2.75) is 6.42 Å². The molecule has 1 aromatic carbocycles. The maximum absolute atomic E-state index is 8.98. The summed E-state index contributed by atoms with van der Waals surface area (Å²) in [6.45, 7) is 2.47. The van der Waals surface area contributed by atoms with Gasteiger partial charge in [-0.1, -0.05) is 18.2 Å². The molecule has 0 N–H and O–H groups in total. The van der Waals surface area contributed by atoms with Crippen molar-refractivity contribution < 1.29 is 4.74 Å². The summed E-state index contributed by atoms with van der Waals surface area (Å²) in [4.78, 5) is 3.65. The van der Waals surface area contributed by atoms with Gasteiger partial charge in [0.1, 0.15) is 18.4 Å². The average molecular weight is 286 g/mol. The Labute approximate surface area is 124 Å². The van der Waals surface area contributed by atoms with Gasteiger partial charge in [-0.3, -0.25) is 0 Å². The molecule has 2 aromatic rings. The quantitative estimate of drug-likeness (QED) is 0.784. The highest BCUT2D eigenvalue weighted by Gasteiger charge is 2.03. The molecule has 3 nitrogen and oxygen atoms in total. The topological polar surface area (TPSA) is 36.3 Å². The lowest BCUT2D eigenvalue weighted by Gasteiger charge is -2.16. The van der Waals surface area contributed by atoms with Gasteiger partial charge in [-0.05, 0) is 37.0 Å². The minimum atomic E-state index is 0.591. The van der Waals surface area contributed by atoms with Crippen LogP contribution in [0.25, 0.3) is 0 Å². The van der Waals surface area contributed by atoms with Crippen molar-refractivity contribution >= 4 is 11.3 Å². The summed E-state index contributed by atoms with van der Waals surface area (Å²) < 4.78 is 5.67. The van der Waals surface area contributed by atoms with Crippen LogP contribution in [0.1, 0.15) is 10.4 Å². The fraction of sp³-hybridized carbons (Fsp3) is 0.312. The van der Waals surface area contributed by atoms with Gasteiger partial charge in [0.25, 0.3) is 0 Å². The molecule has 2 rings (SSSR count). The number of nitrogens with zero attached hydrogens (tertiary/aromatic N) is 2. The zero-order chi connectivity index (χ0) is 14.2. The molecule has 0 fully saturated rings. The second-order valence-electron chi connectivity index (χ2n) is 4.59. The summed E-state index contributed by atoms with van der Waals surface area (Å²) in [6, 6.07) is 13.7. The maximum atomic E-state index is 8.98. The van der Waals surface area contributed by atoms with Crippen LogP contribution in [0.3, 0.4) is 0 Å². The highest BCUT2D eigenvalue weighted by Crippen LogP contribution is 2.16. The van der Waals surface area contributed by atoms with Gasteiger partial charge in [-0.15, -0.1) is 11.3 Å². The first-order valence-electron chi connectivity index (χ1n) is 6.62. The predicted molar refractivity (Wildman–Crippen MR) is 82.2 cm³/mol. The van der Waals surface area contributed by atoms with Crippen LogP contribution in [0.5, 0.6) is 5.75 Å². The minimum absolute atomic E-state index is 0.591. The molecule has 0 aliphatic carbocycles. The molecule has 0 amide bonds. The molecular formula is C16H18N2OS. The molecule has 20 heavy (non-hydrogen) atoms. The lowest BCUT2D eigenvalue weighted by molar-refractivity contribution is 0.239. The summed E-state index contributed by atoms with van der Waals surface area (Å²) in [5.74, 6) is 0.668. The van der Waals surface area contributed by atoms with Crippen LogP contribution in [0.15, 0.2) is 41.8 Å². The number of benzene rings is 1. The average Bonchev–Trinajstić information content (AvgIpc) is 2.99. The number of hydrogen-bond acceptors (Lipinski definition) is 4. The third-order valence-corrected chi connectivity index (χ3v) is 3.99. The Kier molecular flexibility index (Phi) is 5.60. The van der Waals surface area contributed by atoms with Gasteiger partial charge in [0.15, 0.2) is 0 Å². The number of likely N-dealkylation sites (N-methyl/N-ethyl adjacent to an activating group) is 1. The van der Waals surface area contributed by atoms with Crippen molar-refractivity contribution in [1.29, 1.82) is 5.26 Å². The van der Waals surface area contributed by atoms with E-state index in [0.717, 1.165) is 19.5 Å². The first-order valence-corrected chi connectivity index (χ1v) is 7.50. The zero-order valence-corrected chi connectivity index (χ0v) is 12.4. The molecule has 104 valence electrons. The predicted octanol–water partition coefficient (Wildman–Crippen LogP) is 3.17. The SMILES string of the molecule is CN(CCOc1ccccc1C#N)CCc1cccs1. The van der Waals surface area contributed by atoms with E-state index < -0.39 is 0 Å². The van der Waals surface area contributed by atoms with Crippen LogP contribution >= 0.6 is 11.3 Å². The van der Waals surface area contributed by atoms with E-state index >= 15 is 0 Å². The van der Waals surface area contributed by atoms with E-state index in [1.807, 2.05) is 18.2 Å². The van der Waals surface area contributed by atoms with Crippen molar-refractivity contribution in [2.75, 3.05) is 26.7 Å². The largest absolute Gasteiger partial charge is 0.491 e. The Hall–Kier alpha value is -1.83. The second kappa shape index (κ2) is 7.68. The van der Waals surface area contributed by atoms with Gasteiger partial charge in [-0.2, -0.15) is 5.26 Å². The fourth-order valence-corrected chi connectivity index (χ4v) is 2.56. The Balaban J connectivity index is 1.71. The summed E-state index contributed by atoms with van der Waals surface area (Å²) in [7, 11) is 2.09. The molecule has 1 heterocycles. The van der Waals surface area contributed by atoms with Crippen molar-refractivity contribution in [2.24, 2.45) is 0 Å². The normalized spacial score (nSPS) is 10.4. The van der Waals surface area contributed by atoms with Crippen LogP contribution in [0, 0.1) is 11.3 Å². The highest BCUT2D eigenvalue weighted by molar-refractivity contribution is 7.09. The fourth-order valence-electron chi connectivity index (χ4n) is 1.86. The number of rotatable bonds is 7. The third kappa shape index (κ3) is 4.37. The first-order chi connectivity index (χ1) is 9.79. The van der Waals surface area contributed by atoms with Gasteiger partial charge in [-0.25, -0.2) is 0 Å². The van der Waals surface area contributed by atoms with E-state index in [4.69, 9.17) is 10.00 Å². The number of nitriles is 1. The molecule has 0 atom stereocenters. The van der Waals surface area contributed by atoms with Crippen LogP contribution < -0.4 is 4.74 Å². The molecule has 0 radical (unpaired) electrons. The van der Waals surface area contributed by atoms with Crippen molar-refractivity contribution in [3.05, 3.63) is 52.2 Å². The monoisotopic (exact) mass is 286 g/mol. The van der Waals surface area contributed by atoms with Crippen LogP contribution in [0.4, 0.5) is 0 Å². The molecule has 0 unspecified atom stereocenters. The van der Waals surface area contributed by atoms with Gasteiger partial charge in [0.2, 0.25) is 0 Å². The van der Waals surface area contributed by atoms with Crippen LogP contribution in [0.2, 0.25) is 0 Å². The van der Waals surface area contributed by atoms with E-state index in [2.05, 4.69) is 35.5 Å². The van der Waals surface area contributed by atoms with E-state index in [1.165, 1.54) is 4.88 Å². The lowest BCUT2D eigenvalue weighted by Crippen LogP contribution is -2.26. The molecule has 0 aliphatic rings. The smallest absolute Gasteiger partial charge is 0.137 e. The van der Waals surface area contributed by atoms with E-state index in [-0.39, 0.29) is 0 Å². The second-order valence-corrected chi connectivity index (χ2v) is 5.62. The molecule has 1 aromatic heterocycles. The van der Waals surface area contributed by atoms with Crippen molar-refractivity contribution in [3.63, 3.8) is 0 Å². The van der Waals surface area contributed by atoms with Crippen molar-refractivity contribution in [1.82, 2.24) is 4.90 Å². The van der Waals surface area contributed by atoms with Crippen LogP contribution in [-0.2, 0) is 6.42 Å². The Bertz CT molecular complexity index is 560. The molecule has 0 aliphatic heterocycles. The van der Waals surface area contributed by atoms with E-state index in [0.29, 0.717) is 17.9 Å².